The van der Waals surface area contributed by atoms with E-state index in [0.29, 0.717) is 17.6 Å². The van der Waals surface area contributed by atoms with E-state index in [4.69, 9.17) is 0 Å². The Morgan fingerprint density at radius 3 is 2.23 bits per heavy atom. The van der Waals surface area contributed by atoms with Gasteiger partial charge in [-0.05, 0) is 49.9 Å². The van der Waals surface area contributed by atoms with Crippen LogP contribution in [-0.2, 0) is 4.79 Å². The molecule has 0 heterocycles. The molecule has 4 aliphatic rings. The van der Waals surface area contributed by atoms with Crippen LogP contribution < -0.4 is 0 Å². The van der Waals surface area contributed by atoms with E-state index in [1.165, 1.54) is 32.1 Å². The molecule has 4 fully saturated rings. The van der Waals surface area contributed by atoms with Gasteiger partial charge in [0.25, 0.3) is 0 Å². The SMILES string of the molecule is O=C1C2C[C@@H]3CC(C[C@H](C2)C3)[C@H]1Br. The summed E-state index contributed by atoms with van der Waals surface area (Å²) in [5, 5.41) is 0. The standard InChI is InChI=1S/C11H15BrO/c12-10-8-2-6-1-7(3-8)5-9(4-6)11(10)13/h6-10H,1-5H2/t6-,7+,8?,9?,10-/m1/s1. The summed E-state index contributed by atoms with van der Waals surface area (Å²) in [6.45, 7) is 0. The molecule has 2 unspecified atom stereocenters. The lowest BCUT2D eigenvalue weighted by Crippen LogP contribution is -2.28. The minimum Gasteiger partial charge on any atom is -0.298 e. The summed E-state index contributed by atoms with van der Waals surface area (Å²) >= 11 is 3.61. The fraction of sp³-hybridized carbons (Fsp3) is 0.909. The number of carbonyl (C=O) groups excluding carboxylic acids is 1. The minimum absolute atomic E-state index is 0.202. The lowest BCUT2D eigenvalue weighted by Gasteiger charge is -2.37. The molecule has 5 atom stereocenters. The first-order valence-corrected chi connectivity index (χ1v) is 6.33. The Labute approximate surface area is 87.4 Å². The first-order valence-electron chi connectivity index (χ1n) is 5.42. The van der Waals surface area contributed by atoms with Gasteiger partial charge >= 0.3 is 0 Å². The van der Waals surface area contributed by atoms with Crippen LogP contribution in [0.2, 0.25) is 0 Å². The molecule has 72 valence electrons. The Kier molecular flexibility index (Phi) is 1.83. The quantitative estimate of drug-likeness (QED) is 0.598. The van der Waals surface area contributed by atoms with Crippen molar-refractivity contribution in [3.8, 4) is 0 Å². The topological polar surface area (TPSA) is 17.1 Å². The van der Waals surface area contributed by atoms with E-state index >= 15 is 0 Å². The van der Waals surface area contributed by atoms with Gasteiger partial charge < -0.3 is 0 Å². The summed E-state index contributed by atoms with van der Waals surface area (Å²) in [6.07, 6.45) is 6.45. The molecule has 0 amide bonds. The average Bonchev–Trinajstić information content (AvgIpc) is 2.23. The molecule has 0 N–H and O–H groups in total. The second-order valence-corrected chi connectivity index (χ2v) is 6.16. The molecule has 0 aromatic carbocycles. The highest BCUT2D eigenvalue weighted by atomic mass is 79.9. The van der Waals surface area contributed by atoms with E-state index < -0.39 is 0 Å². The van der Waals surface area contributed by atoms with Crippen molar-refractivity contribution in [3.63, 3.8) is 0 Å². The van der Waals surface area contributed by atoms with Crippen LogP contribution in [0, 0.1) is 23.7 Å². The van der Waals surface area contributed by atoms with Gasteiger partial charge in [-0.1, -0.05) is 15.9 Å². The molecule has 2 heteroatoms. The van der Waals surface area contributed by atoms with Crippen LogP contribution in [0.25, 0.3) is 0 Å². The van der Waals surface area contributed by atoms with E-state index in [1.807, 2.05) is 0 Å². The third-order valence-electron chi connectivity index (χ3n) is 4.26. The average molecular weight is 243 g/mol. The van der Waals surface area contributed by atoms with Gasteiger partial charge in [-0.3, -0.25) is 4.79 Å². The first kappa shape index (κ1) is 8.46. The Bertz CT molecular complexity index is 236. The van der Waals surface area contributed by atoms with Crippen molar-refractivity contribution < 1.29 is 4.79 Å². The zero-order chi connectivity index (χ0) is 9.00. The number of Topliss-reactive ketones (excluding diaryl/α,β-unsaturated/α-hetero) is 1. The Morgan fingerprint density at radius 2 is 1.62 bits per heavy atom. The van der Waals surface area contributed by atoms with Crippen molar-refractivity contribution in [3.05, 3.63) is 0 Å². The number of alkyl halides is 1. The number of fused-ring (bicyclic) bond motifs is 1. The zero-order valence-corrected chi connectivity index (χ0v) is 9.29. The summed E-state index contributed by atoms with van der Waals surface area (Å²) < 4.78 is 0. The highest BCUT2D eigenvalue weighted by molar-refractivity contribution is 9.10. The van der Waals surface area contributed by atoms with Crippen molar-refractivity contribution in [1.82, 2.24) is 0 Å². The Balaban J connectivity index is 1.98. The summed E-state index contributed by atoms with van der Waals surface area (Å²) in [4.78, 5) is 12.1. The van der Waals surface area contributed by atoms with Gasteiger partial charge in [-0.2, -0.15) is 0 Å². The molecule has 0 saturated heterocycles. The van der Waals surface area contributed by atoms with Crippen molar-refractivity contribution in [2.45, 2.75) is 36.9 Å². The predicted octanol–water partition coefficient (Wildman–Crippen LogP) is 2.78. The lowest BCUT2D eigenvalue weighted by molar-refractivity contribution is -0.123. The van der Waals surface area contributed by atoms with Gasteiger partial charge in [0, 0.05) is 5.92 Å². The fourth-order valence-electron chi connectivity index (χ4n) is 3.83. The smallest absolute Gasteiger partial charge is 0.149 e. The predicted molar refractivity (Wildman–Crippen MR) is 54.8 cm³/mol. The molecular formula is C11H15BrO. The maximum Gasteiger partial charge on any atom is 0.149 e. The third kappa shape index (κ3) is 1.21. The molecule has 0 aliphatic heterocycles. The van der Waals surface area contributed by atoms with Crippen LogP contribution in [-0.4, -0.2) is 10.6 Å². The normalized spacial score (nSPS) is 53.9. The van der Waals surface area contributed by atoms with E-state index in [9.17, 15) is 4.79 Å². The molecule has 4 aliphatic carbocycles. The maximum absolute atomic E-state index is 11.9. The summed E-state index contributed by atoms with van der Waals surface area (Å²) in [5.74, 6) is 3.38. The summed E-state index contributed by atoms with van der Waals surface area (Å²) in [5.41, 5.74) is 0. The van der Waals surface area contributed by atoms with E-state index in [2.05, 4.69) is 15.9 Å². The molecule has 0 spiro atoms. The van der Waals surface area contributed by atoms with E-state index in [-0.39, 0.29) is 4.83 Å². The van der Waals surface area contributed by atoms with Crippen LogP contribution in [0.3, 0.4) is 0 Å². The molecule has 0 radical (unpaired) electrons. The van der Waals surface area contributed by atoms with Crippen molar-refractivity contribution >= 4 is 21.7 Å². The van der Waals surface area contributed by atoms with Crippen LogP contribution in [0.15, 0.2) is 0 Å². The largest absolute Gasteiger partial charge is 0.298 e. The Morgan fingerprint density at radius 1 is 1.00 bits per heavy atom. The molecule has 0 aromatic heterocycles. The molecule has 4 saturated carbocycles. The maximum atomic E-state index is 11.9. The number of rotatable bonds is 0. The second-order valence-electron chi connectivity index (χ2n) is 5.17. The number of carbonyl (C=O) groups is 1. The fourth-order valence-corrected chi connectivity index (χ4v) is 4.64. The number of ketones is 1. The Hall–Kier alpha value is 0.150. The monoisotopic (exact) mass is 242 g/mol. The van der Waals surface area contributed by atoms with Gasteiger partial charge in [-0.15, -0.1) is 0 Å². The molecule has 1 nitrogen and oxygen atoms in total. The highest BCUT2D eigenvalue weighted by Crippen LogP contribution is 2.51. The van der Waals surface area contributed by atoms with Crippen LogP contribution in [0.5, 0.6) is 0 Å². The number of halogens is 1. The van der Waals surface area contributed by atoms with Gasteiger partial charge in [0.15, 0.2) is 0 Å². The second kappa shape index (κ2) is 2.82. The van der Waals surface area contributed by atoms with Crippen molar-refractivity contribution in [2.24, 2.45) is 23.7 Å². The summed E-state index contributed by atoms with van der Waals surface area (Å²) in [6, 6.07) is 0. The molecule has 13 heavy (non-hydrogen) atoms. The zero-order valence-electron chi connectivity index (χ0n) is 7.71. The number of hydrogen-bond acceptors (Lipinski definition) is 1. The van der Waals surface area contributed by atoms with Crippen LogP contribution in [0.1, 0.15) is 32.1 Å². The highest BCUT2D eigenvalue weighted by Gasteiger charge is 2.47. The number of hydrogen-bond donors (Lipinski definition) is 0. The van der Waals surface area contributed by atoms with E-state index in [0.717, 1.165) is 11.8 Å². The van der Waals surface area contributed by atoms with Crippen molar-refractivity contribution in [1.29, 1.82) is 0 Å². The molecular weight excluding hydrogens is 228 g/mol. The van der Waals surface area contributed by atoms with Gasteiger partial charge in [0.2, 0.25) is 0 Å². The van der Waals surface area contributed by atoms with Gasteiger partial charge in [0.05, 0.1) is 4.83 Å². The van der Waals surface area contributed by atoms with Crippen LogP contribution >= 0.6 is 15.9 Å². The molecule has 4 bridgehead atoms. The van der Waals surface area contributed by atoms with E-state index in [1.54, 1.807) is 0 Å². The summed E-state index contributed by atoms with van der Waals surface area (Å²) in [7, 11) is 0. The third-order valence-corrected chi connectivity index (χ3v) is 5.46. The minimum atomic E-state index is 0.202. The molecule has 0 aromatic rings. The first-order chi connectivity index (χ1) is 6.24. The van der Waals surface area contributed by atoms with Crippen molar-refractivity contribution in [2.75, 3.05) is 0 Å². The van der Waals surface area contributed by atoms with Gasteiger partial charge in [0.1, 0.15) is 5.78 Å². The van der Waals surface area contributed by atoms with Gasteiger partial charge in [-0.25, -0.2) is 0 Å². The molecule has 4 rings (SSSR count). The van der Waals surface area contributed by atoms with Crippen LogP contribution in [0.4, 0.5) is 0 Å². The lowest BCUT2D eigenvalue weighted by atomic mass is 9.68.